The average Bonchev–Trinajstić information content (AvgIpc) is 2.22. The Kier molecular flexibility index (Phi) is 6.86. The van der Waals surface area contributed by atoms with E-state index >= 15 is 0 Å². The second kappa shape index (κ2) is 7.02. The van der Waals surface area contributed by atoms with Gasteiger partial charge in [-0.2, -0.15) is 0 Å². The molecule has 2 unspecified atom stereocenters. The molecule has 0 rings (SSSR count). The number of carbonyl (C=O) groups is 1. The second-order valence-corrected chi connectivity index (χ2v) is 4.02. The van der Waals surface area contributed by atoms with Gasteiger partial charge in [0, 0.05) is 0 Å². The normalized spacial score (nSPS) is 17.1. The zero-order valence-electron chi connectivity index (χ0n) is 7.77. The second-order valence-electron chi connectivity index (χ2n) is 2.57. The Labute approximate surface area is 85.7 Å². The highest BCUT2D eigenvalue weighted by Gasteiger charge is 2.23. The van der Waals surface area contributed by atoms with Crippen LogP contribution in [0.1, 0.15) is 0 Å². The van der Waals surface area contributed by atoms with Crippen molar-refractivity contribution in [3.8, 4) is 0 Å². The zero-order valence-corrected chi connectivity index (χ0v) is 8.67. The third-order valence-corrected chi connectivity index (χ3v) is 2.14. The van der Waals surface area contributed by atoms with Crippen molar-refractivity contribution < 1.29 is 38.6 Å². The summed E-state index contributed by atoms with van der Waals surface area (Å²) in [6, 6.07) is 0. The van der Waals surface area contributed by atoms with Gasteiger partial charge in [-0.15, -0.1) is 0 Å². The van der Waals surface area contributed by atoms with E-state index in [1.807, 2.05) is 0 Å². The Morgan fingerprint density at radius 1 is 1.33 bits per heavy atom. The minimum atomic E-state index is -4.43. The molecule has 0 amide bonds. The molecule has 0 radical (unpaired) electrons. The van der Waals surface area contributed by atoms with Crippen molar-refractivity contribution in [1.82, 2.24) is 0 Å². The predicted octanol–water partition coefficient (Wildman–Crippen LogP) is -1.97. The van der Waals surface area contributed by atoms with E-state index in [1.54, 1.807) is 0 Å². The monoisotopic (exact) mass is 244 g/mol. The lowest BCUT2D eigenvalue weighted by Gasteiger charge is -2.13. The molecule has 0 aliphatic heterocycles. The molecule has 0 bridgehead atoms. The number of phosphoric ester groups is 1. The van der Waals surface area contributed by atoms with Gasteiger partial charge in [0.1, 0.15) is 19.3 Å². The molecular formula is C6H13O8P. The van der Waals surface area contributed by atoms with Gasteiger partial charge in [0.15, 0.2) is 5.78 Å². The molecule has 0 aliphatic rings. The van der Waals surface area contributed by atoms with Gasteiger partial charge in [-0.05, 0) is 0 Å². The molecule has 90 valence electrons. The number of hydrogen-bond acceptors (Lipinski definition) is 7. The van der Waals surface area contributed by atoms with Crippen LogP contribution in [0.5, 0.6) is 0 Å². The maximum absolute atomic E-state index is 10.9. The molecular weight excluding hydrogens is 231 g/mol. The number of Topliss-reactive ketones (excluding diaryl/α,β-unsaturated/α-hetero) is 1. The van der Waals surface area contributed by atoms with Gasteiger partial charge in [0.25, 0.3) is 0 Å². The molecule has 0 aromatic rings. The van der Waals surface area contributed by atoms with E-state index in [-0.39, 0.29) is 0 Å². The molecule has 0 aromatic carbocycles. The van der Waals surface area contributed by atoms with Crippen molar-refractivity contribution in [2.75, 3.05) is 26.4 Å². The van der Waals surface area contributed by atoms with Crippen LogP contribution in [0.2, 0.25) is 0 Å². The maximum Gasteiger partial charge on any atom is 0.472 e. The quantitative estimate of drug-likeness (QED) is 0.361. The predicted molar refractivity (Wildman–Crippen MR) is 46.9 cm³/mol. The Hall–Kier alpha value is -0.340. The highest BCUT2D eigenvalue weighted by atomic mass is 31.2. The van der Waals surface area contributed by atoms with Crippen molar-refractivity contribution in [2.24, 2.45) is 0 Å². The number of ketones is 1. The number of carbonyl (C=O) groups excluding carboxylic acids is 1. The number of aliphatic hydroxyl groups is 3. The first kappa shape index (κ1) is 14.7. The van der Waals surface area contributed by atoms with Crippen molar-refractivity contribution in [3.63, 3.8) is 0 Å². The molecule has 0 aliphatic carbocycles. The SMILES string of the molecule is O=C(CO)COP(=O)(O)OCC(O)CO. The van der Waals surface area contributed by atoms with E-state index in [0.717, 1.165) is 0 Å². The minimum Gasteiger partial charge on any atom is -0.394 e. The van der Waals surface area contributed by atoms with E-state index in [4.69, 9.17) is 20.2 Å². The summed E-state index contributed by atoms with van der Waals surface area (Å²) in [5.41, 5.74) is 0. The summed E-state index contributed by atoms with van der Waals surface area (Å²) >= 11 is 0. The summed E-state index contributed by atoms with van der Waals surface area (Å²) < 4.78 is 19.3. The fourth-order valence-electron chi connectivity index (χ4n) is 0.469. The van der Waals surface area contributed by atoms with Crippen molar-refractivity contribution in [1.29, 1.82) is 0 Å². The number of rotatable bonds is 8. The lowest BCUT2D eigenvalue weighted by atomic mass is 10.4. The number of phosphoric acid groups is 1. The molecule has 2 atom stereocenters. The van der Waals surface area contributed by atoms with Crippen LogP contribution in [0.15, 0.2) is 0 Å². The maximum atomic E-state index is 10.9. The Bertz CT molecular complexity index is 241. The zero-order chi connectivity index (χ0) is 11.9. The third-order valence-electron chi connectivity index (χ3n) is 1.21. The van der Waals surface area contributed by atoms with Gasteiger partial charge in [-0.1, -0.05) is 0 Å². The van der Waals surface area contributed by atoms with E-state index in [1.165, 1.54) is 0 Å². The van der Waals surface area contributed by atoms with Crippen LogP contribution in [-0.2, 0) is 18.4 Å². The summed E-state index contributed by atoms with van der Waals surface area (Å²) in [6.45, 7) is -2.80. The summed E-state index contributed by atoms with van der Waals surface area (Å²) in [4.78, 5) is 19.4. The van der Waals surface area contributed by atoms with Crippen LogP contribution in [0.3, 0.4) is 0 Å². The van der Waals surface area contributed by atoms with Gasteiger partial charge < -0.3 is 20.2 Å². The largest absolute Gasteiger partial charge is 0.472 e. The van der Waals surface area contributed by atoms with Gasteiger partial charge in [0.2, 0.25) is 0 Å². The summed E-state index contributed by atoms with van der Waals surface area (Å²) in [7, 11) is -4.43. The van der Waals surface area contributed by atoms with Gasteiger partial charge in [-0.25, -0.2) is 4.57 Å². The first-order chi connectivity index (χ1) is 6.91. The van der Waals surface area contributed by atoms with Crippen molar-refractivity contribution >= 4 is 13.6 Å². The average molecular weight is 244 g/mol. The Balaban J connectivity index is 3.86. The smallest absolute Gasteiger partial charge is 0.394 e. The Morgan fingerprint density at radius 2 is 1.93 bits per heavy atom. The van der Waals surface area contributed by atoms with Gasteiger partial charge >= 0.3 is 7.82 Å². The van der Waals surface area contributed by atoms with Gasteiger partial charge in [0.05, 0.1) is 13.2 Å². The molecule has 0 aromatic heterocycles. The third kappa shape index (κ3) is 7.57. The summed E-state index contributed by atoms with van der Waals surface area (Å²) in [5, 5.41) is 25.4. The topological polar surface area (TPSA) is 134 Å². The molecule has 0 saturated carbocycles. The molecule has 0 spiro atoms. The van der Waals surface area contributed by atoms with Crippen LogP contribution in [0.25, 0.3) is 0 Å². The molecule has 8 nitrogen and oxygen atoms in total. The van der Waals surface area contributed by atoms with Crippen LogP contribution >= 0.6 is 7.82 Å². The van der Waals surface area contributed by atoms with E-state index in [9.17, 15) is 9.36 Å². The minimum absolute atomic E-state index is 0.600. The molecule has 0 fully saturated rings. The first-order valence-corrected chi connectivity index (χ1v) is 5.44. The molecule has 15 heavy (non-hydrogen) atoms. The van der Waals surface area contributed by atoms with Crippen LogP contribution in [-0.4, -0.2) is 58.5 Å². The highest BCUT2D eigenvalue weighted by Crippen LogP contribution is 2.42. The fourth-order valence-corrected chi connectivity index (χ4v) is 1.21. The first-order valence-electron chi connectivity index (χ1n) is 3.94. The summed E-state index contributed by atoms with van der Waals surface area (Å²) in [6.07, 6.45) is -1.30. The fraction of sp³-hybridized carbons (Fsp3) is 0.833. The Morgan fingerprint density at radius 3 is 2.40 bits per heavy atom. The standard InChI is InChI=1S/C6H13O8P/c7-1-5(9)3-13-15(11,12)14-4-6(10)2-8/h5,7-9H,1-4H2,(H,11,12). The lowest BCUT2D eigenvalue weighted by molar-refractivity contribution is -0.124. The van der Waals surface area contributed by atoms with Crippen LogP contribution in [0.4, 0.5) is 0 Å². The van der Waals surface area contributed by atoms with Crippen LogP contribution < -0.4 is 0 Å². The molecule has 4 N–H and O–H groups in total. The molecule has 0 heterocycles. The van der Waals surface area contributed by atoms with E-state index in [0.29, 0.717) is 0 Å². The lowest BCUT2D eigenvalue weighted by Crippen LogP contribution is -2.19. The van der Waals surface area contributed by atoms with E-state index in [2.05, 4.69) is 9.05 Å². The van der Waals surface area contributed by atoms with E-state index < -0.39 is 46.1 Å². The molecule has 9 heteroatoms. The molecule has 0 saturated heterocycles. The van der Waals surface area contributed by atoms with Gasteiger partial charge in [-0.3, -0.25) is 13.8 Å². The number of hydrogen-bond donors (Lipinski definition) is 4. The summed E-state index contributed by atoms with van der Waals surface area (Å²) in [5.74, 6) is -0.782. The van der Waals surface area contributed by atoms with Crippen LogP contribution in [0, 0.1) is 0 Å². The van der Waals surface area contributed by atoms with Crippen molar-refractivity contribution in [2.45, 2.75) is 6.10 Å². The number of aliphatic hydroxyl groups excluding tert-OH is 3. The highest BCUT2D eigenvalue weighted by molar-refractivity contribution is 7.47. The van der Waals surface area contributed by atoms with Crippen molar-refractivity contribution in [3.05, 3.63) is 0 Å².